The largest absolute Gasteiger partial charge is 0.481 e. The van der Waals surface area contributed by atoms with Crippen molar-refractivity contribution < 1.29 is 14.7 Å². The van der Waals surface area contributed by atoms with E-state index >= 15 is 0 Å². The molecule has 1 aromatic rings. The number of benzene rings is 1. The molecule has 96 valence electrons. The SMILES string of the molecule is CC(=O)NCCC=Cc1ccc(CC(=O)O)cc1. The number of carbonyl (C=O) groups excluding carboxylic acids is 1. The number of rotatable bonds is 6. The summed E-state index contributed by atoms with van der Waals surface area (Å²) in [5.74, 6) is -0.852. The third-order valence-electron chi connectivity index (χ3n) is 2.33. The van der Waals surface area contributed by atoms with Crippen LogP contribution in [0.1, 0.15) is 24.5 Å². The lowest BCUT2D eigenvalue weighted by Gasteiger charge is -1.99. The van der Waals surface area contributed by atoms with Crippen LogP contribution in [-0.2, 0) is 16.0 Å². The summed E-state index contributed by atoms with van der Waals surface area (Å²) in [6.45, 7) is 2.12. The number of nitrogens with one attached hydrogen (secondary N) is 1. The Morgan fingerprint density at radius 1 is 1.28 bits per heavy atom. The average Bonchev–Trinajstić information content (AvgIpc) is 2.30. The molecule has 0 bridgehead atoms. The van der Waals surface area contributed by atoms with Crippen LogP contribution in [0.2, 0.25) is 0 Å². The molecule has 0 spiro atoms. The van der Waals surface area contributed by atoms with Gasteiger partial charge >= 0.3 is 5.97 Å². The minimum Gasteiger partial charge on any atom is -0.481 e. The summed E-state index contributed by atoms with van der Waals surface area (Å²) in [4.78, 5) is 21.1. The zero-order valence-electron chi connectivity index (χ0n) is 10.3. The molecule has 1 amide bonds. The van der Waals surface area contributed by atoms with E-state index in [-0.39, 0.29) is 12.3 Å². The van der Waals surface area contributed by atoms with Gasteiger partial charge in [0.15, 0.2) is 0 Å². The van der Waals surface area contributed by atoms with Crippen LogP contribution in [0.3, 0.4) is 0 Å². The summed E-state index contributed by atoms with van der Waals surface area (Å²) in [5.41, 5.74) is 1.81. The molecular weight excluding hydrogens is 230 g/mol. The van der Waals surface area contributed by atoms with Crippen LogP contribution in [0.5, 0.6) is 0 Å². The van der Waals surface area contributed by atoms with Crippen molar-refractivity contribution in [1.29, 1.82) is 0 Å². The Hall–Kier alpha value is -2.10. The predicted molar refractivity (Wildman–Crippen MR) is 70.1 cm³/mol. The molecule has 0 aliphatic heterocycles. The van der Waals surface area contributed by atoms with Crippen LogP contribution in [0.25, 0.3) is 6.08 Å². The summed E-state index contributed by atoms with van der Waals surface area (Å²) in [6, 6.07) is 7.38. The maximum atomic E-state index is 10.6. The van der Waals surface area contributed by atoms with Crippen molar-refractivity contribution in [2.24, 2.45) is 0 Å². The third kappa shape index (κ3) is 5.84. The molecule has 0 atom stereocenters. The molecule has 4 nitrogen and oxygen atoms in total. The number of carbonyl (C=O) groups is 2. The monoisotopic (exact) mass is 247 g/mol. The molecule has 0 heterocycles. The van der Waals surface area contributed by atoms with Gasteiger partial charge in [-0.3, -0.25) is 9.59 Å². The van der Waals surface area contributed by atoms with Gasteiger partial charge in [0.2, 0.25) is 5.91 Å². The molecule has 1 rings (SSSR count). The van der Waals surface area contributed by atoms with Gasteiger partial charge in [-0.05, 0) is 17.5 Å². The fraction of sp³-hybridized carbons (Fsp3) is 0.286. The van der Waals surface area contributed by atoms with Crippen molar-refractivity contribution in [2.45, 2.75) is 19.8 Å². The van der Waals surface area contributed by atoms with E-state index in [4.69, 9.17) is 5.11 Å². The minimum absolute atomic E-state index is 0.0265. The van der Waals surface area contributed by atoms with Gasteiger partial charge in [-0.25, -0.2) is 0 Å². The van der Waals surface area contributed by atoms with E-state index in [1.54, 1.807) is 0 Å². The van der Waals surface area contributed by atoms with Gasteiger partial charge in [-0.15, -0.1) is 0 Å². The normalized spacial score (nSPS) is 10.5. The summed E-state index contributed by atoms with van der Waals surface area (Å²) >= 11 is 0. The molecule has 2 N–H and O–H groups in total. The number of carboxylic acid groups (broad SMARTS) is 1. The number of carboxylic acids is 1. The highest BCUT2D eigenvalue weighted by Gasteiger charge is 1.98. The first-order valence-corrected chi connectivity index (χ1v) is 5.79. The lowest BCUT2D eigenvalue weighted by molar-refractivity contribution is -0.136. The molecule has 1 aromatic carbocycles. The lowest BCUT2D eigenvalue weighted by atomic mass is 10.1. The van der Waals surface area contributed by atoms with E-state index in [2.05, 4.69) is 5.32 Å². The third-order valence-corrected chi connectivity index (χ3v) is 2.33. The first-order chi connectivity index (χ1) is 8.58. The molecule has 0 aromatic heterocycles. The van der Waals surface area contributed by atoms with Gasteiger partial charge < -0.3 is 10.4 Å². The molecule has 0 radical (unpaired) electrons. The van der Waals surface area contributed by atoms with Crippen LogP contribution in [0, 0.1) is 0 Å². The first kappa shape index (κ1) is 14.0. The molecular formula is C14H17NO3. The number of hydrogen-bond acceptors (Lipinski definition) is 2. The van der Waals surface area contributed by atoms with Crippen LogP contribution < -0.4 is 5.32 Å². The maximum Gasteiger partial charge on any atom is 0.307 e. The van der Waals surface area contributed by atoms with Crippen molar-refractivity contribution in [3.8, 4) is 0 Å². The number of amides is 1. The topological polar surface area (TPSA) is 66.4 Å². The van der Waals surface area contributed by atoms with E-state index in [1.165, 1.54) is 6.92 Å². The van der Waals surface area contributed by atoms with Crippen LogP contribution in [0.15, 0.2) is 30.3 Å². The van der Waals surface area contributed by atoms with Gasteiger partial charge in [-0.2, -0.15) is 0 Å². The Kier molecular flexibility index (Phi) is 5.64. The highest BCUT2D eigenvalue weighted by molar-refractivity contribution is 5.72. The summed E-state index contributed by atoms with van der Waals surface area (Å²) in [7, 11) is 0. The summed E-state index contributed by atoms with van der Waals surface area (Å²) in [5, 5.41) is 11.3. The zero-order chi connectivity index (χ0) is 13.4. The van der Waals surface area contributed by atoms with E-state index < -0.39 is 5.97 Å². The van der Waals surface area contributed by atoms with E-state index in [1.807, 2.05) is 36.4 Å². The Morgan fingerprint density at radius 2 is 1.94 bits per heavy atom. The molecule has 18 heavy (non-hydrogen) atoms. The van der Waals surface area contributed by atoms with Crippen molar-refractivity contribution in [1.82, 2.24) is 5.32 Å². The van der Waals surface area contributed by atoms with E-state index in [0.717, 1.165) is 17.5 Å². The van der Waals surface area contributed by atoms with Crippen molar-refractivity contribution in [3.05, 3.63) is 41.5 Å². The summed E-state index contributed by atoms with van der Waals surface area (Å²) in [6.07, 6.45) is 4.75. The molecule has 0 fully saturated rings. The van der Waals surface area contributed by atoms with Crippen LogP contribution >= 0.6 is 0 Å². The minimum atomic E-state index is -0.825. The standard InChI is InChI=1S/C14H17NO3/c1-11(16)15-9-3-2-4-12-5-7-13(8-6-12)10-14(17)18/h2,4-8H,3,9-10H2,1H3,(H,15,16)(H,17,18). The molecule has 0 aliphatic rings. The van der Waals surface area contributed by atoms with Crippen molar-refractivity contribution in [2.75, 3.05) is 6.54 Å². The lowest BCUT2D eigenvalue weighted by Crippen LogP contribution is -2.20. The molecule has 4 heteroatoms. The smallest absolute Gasteiger partial charge is 0.307 e. The number of aliphatic carboxylic acids is 1. The Balaban J connectivity index is 2.40. The second kappa shape index (κ2) is 7.27. The second-order valence-electron chi connectivity index (χ2n) is 3.99. The molecule has 0 unspecified atom stereocenters. The highest BCUT2D eigenvalue weighted by Crippen LogP contribution is 2.07. The van der Waals surface area contributed by atoms with Crippen LogP contribution in [-0.4, -0.2) is 23.5 Å². The van der Waals surface area contributed by atoms with Gasteiger partial charge in [-0.1, -0.05) is 36.4 Å². The number of hydrogen-bond donors (Lipinski definition) is 2. The Bertz CT molecular complexity index is 435. The van der Waals surface area contributed by atoms with Crippen molar-refractivity contribution >= 4 is 18.0 Å². The first-order valence-electron chi connectivity index (χ1n) is 5.79. The zero-order valence-corrected chi connectivity index (χ0v) is 10.3. The molecule has 0 saturated carbocycles. The average molecular weight is 247 g/mol. The fourth-order valence-corrected chi connectivity index (χ4v) is 1.47. The maximum absolute atomic E-state index is 10.6. The quantitative estimate of drug-likeness (QED) is 0.754. The highest BCUT2D eigenvalue weighted by atomic mass is 16.4. The van der Waals surface area contributed by atoms with Crippen molar-refractivity contribution in [3.63, 3.8) is 0 Å². The fourth-order valence-electron chi connectivity index (χ4n) is 1.47. The predicted octanol–water partition coefficient (Wildman–Crippen LogP) is 1.85. The van der Waals surface area contributed by atoms with Gasteiger partial charge in [0.05, 0.1) is 6.42 Å². The second-order valence-corrected chi connectivity index (χ2v) is 3.99. The van der Waals surface area contributed by atoms with Gasteiger partial charge in [0, 0.05) is 13.5 Å². The van der Waals surface area contributed by atoms with E-state index in [0.29, 0.717) is 6.54 Å². The van der Waals surface area contributed by atoms with E-state index in [9.17, 15) is 9.59 Å². The Morgan fingerprint density at radius 3 is 2.50 bits per heavy atom. The van der Waals surface area contributed by atoms with Crippen LogP contribution in [0.4, 0.5) is 0 Å². The van der Waals surface area contributed by atoms with Gasteiger partial charge in [0.25, 0.3) is 0 Å². The van der Waals surface area contributed by atoms with Gasteiger partial charge in [0.1, 0.15) is 0 Å². The molecule has 0 aliphatic carbocycles. The summed E-state index contributed by atoms with van der Waals surface area (Å²) < 4.78 is 0. The Labute approximate surface area is 106 Å². The molecule has 0 saturated heterocycles.